The molecule has 0 spiro atoms. The molecule has 8 nitrogen and oxygen atoms in total. The quantitative estimate of drug-likeness (QED) is 0.493. The first-order valence-electron chi connectivity index (χ1n) is 10.8. The number of rotatable bonds is 4. The lowest BCUT2D eigenvalue weighted by Crippen LogP contribution is -2.42. The van der Waals surface area contributed by atoms with E-state index in [1.165, 1.54) is 12.1 Å². The molecule has 33 heavy (non-hydrogen) atoms. The highest BCUT2D eigenvalue weighted by molar-refractivity contribution is 6.01. The van der Waals surface area contributed by atoms with Gasteiger partial charge in [0, 0.05) is 36.3 Å². The van der Waals surface area contributed by atoms with Crippen LogP contribution in [-0.2, 0) is 11.8 Å². The zero-order valence-corrected chi connectivity index (χ0v) is 18.7. The minimum Gasteiger partial charge on any atom is -0.368 e. The summed E-state index contributed by atoms with van der Waals surface area (Å²) in [6, 6.07) is 12.1. The number of fused-ring (bicyclic) bond motifs is 1. The predicted octanol–water partition coefficient (Wildman–Crippen LogP) is 4.01. The molecule has 9 heteroatoms. The van der Waals surface area contributed by atoms with Gasteiger partial charge in [-0.3, -0.25) is 9.48 Å². The van der Waals surface area contributed by atoms with Crippen LogP contribution in [0, 0.1) is 19.7 Å². The average molecular weight is 449 g/mol. The molecule has 170 valence electrons. The van der Waals surface area contributed by atoms with E-state index in [0.29, 0.717) is 42.4 Å². The van der Waals surface area contributed by atoms with Gasteiger partial charge in [-0.1, -0.05) is 6.07 Å². The van der Waals surface area contributed by atoms with E-state index in [4.69, 9.17) is 4.74 Å². The van der Waals surface area contributed by atoms with Crippen molar-refractivity contribution in [1.82, 2.24) is 24.6 Å². The Hall–Kier alpha value is -3.72. The summed E-state index contributed by atoms with van der Waals surface area (Å²) in [5.41, 5.74) is 3.74. The molecule has 1 unspecified atom stereocenters. The van der Waals surface area contributed by atoms with Crippen LogP contribution < -0.4 is 5.32 Å². The van der Waals surface area contributed by atoms with Crippen molar-refractivity contribution >= 4 is 28.4 Å². The van der Waals surface area contributed by atoms with Gasteiger partial charge >= 0.3 is 0 Å². The molecule has 4 heterocycles. The number of H-pyrrole nitrogens is 1. The van der Waals surface area contributed by atoms with Crippen LogP contribution >= 0.6 is 0 Å². The molecule has 0 radical (unpaired) electrons. The Bertz CT molecular complexity index is 1320. The smallest absolute Gasteiger partial charge is 0.270 e. The van der Waals surface area contributed by atoms with E-state index < -0.39 is 0 Å². The summed E-state index contributed by atoms with van der Waals surface area (Å²) in [7, 11) is 1.89. The van der Waals surface area contributed by atoms with E-state index in [-0.39, 0.29) is 17.8 Å². The van der Waals surface area contributed by atoms with E-state index in [2.05, 4.69) is 20.4 Å². The van der Waals surface area contributed by atoms with Crippen molar-refractivity contribution < 1.29 is 13.9 Å². The topological polar surface area (TPSA) is 88.1 Å². The maximum Gasteiger partial charge on any atom is 0.270 e. The third-order valence-electron chi connectivity index (χ3n) is 6.06. The molecule has 1 fully saturated rings. The Morgan fingerprint density at radius 1 is 1.21 bits per heavy atom. The van der Waals surface area contributed by atoms with Gasteiger partial charge in [-0.2, -0.15) is 5.10 Å². The van der Waals surface area contributed by atoms with Crippen LogP contribution in [0.4, 0.5) is 16.0 Å². The fourth-order valence-corrected chi connectivity index (χ4v) is 4.14. The number of morpholine rings is 1. The molecule has 1 aliphatic rings. The zero-order valence-electron chi connectivity index (χ0n) is 18.7. The molecule has 0 saturated carbocycles. The third-order valence-corrected chi connectivity index (χ3v) is 6.06. The summed E-state index contributed by atoms with van der Waals surface area (Å²) in [5.74, 6) is 0.920. The van der Waals surface area contributed by atoms with Crippen LogP contribution in [0.15, 0.2) is 42.5 Å². The first-order valence-corrected chi connectivity index (χ1v) is 10.8. The van der Waals surface area contributed by atoms with Gasteiger partial charge in [0.15, 0.2) is 5.82 Å². The zero-order chi connectivity index (χ0) is 23.1. The normalized spacial score (nSPS) is 16.4. The number of hydrogen-bond donors (Lipinski definition) is 2. The molecule has 1 aromatic carbocycles. The Morgan fingerprint density at radius 3 is 2.85 bits per heavy atom. The molecule has 1 saturated heterocycles. The molecule has 1 atom stereocenters. The van der Waals surface area contributed by atoms with Gasteiger partial charge in [0.2, 0.25) is 0 Å². The fraction of sp³-hybridized carbons (Fsp3) is 0.292. The molecule has 2 N–H and O–H groups in total. The SMILES string of the molecule is Cc1c(C(=O)N2CCOC(c3cccc(Nc4cc(C)n(C)n4)n3)C2)[nH]c2ccc(F)cc12. The number of anilines is 2. The number of nitrogens with zero attached hydrogens (tertiary/aromatic N) is 4. The summed E-state index contributed by atoms with van der Waals surface area (Å²) in [6.07, 6.45) is -0.350. The van der Waals surface area contributed by atoms with Crippen molar-refractivity contribution in [2.45, 2.75) is 20.0 Å². The lowest BCUT2D eigenvalue weighted by atomic mass is 10.1. The Morgan fingerprint density at radius 2 is 2.06 bits per heavy atom. The molecule has 5 rings (SSSR count). The number of aryl methyl sites for hydroxylation is 3. The average Bonchev–Trinajstić information content (AvgIpc) is 3.31. The molecule has 0 aliphatic carbocycles. The van der Waals surface area contributed by atoms with E-state index >= 15 is 0 Å². The first kappa shape index (κ1) is 21.1. The maximum atomic E-state index is 13.7. The van der Waals surface area contributed by atoms with Gasteiger partial charge in [-0.15, -0.1) is 0 Å². The highest BCUT2D eigenvalue weighted by Gasteiger charge is 2.29. The second-order valence-corrected chi connectivity index (χ2v) is 8.29. The number of carbonyl (C=O) groups excluding carboxylic acids is 1. The van der Waals surface area contributed by atoms with Crippen molar-refractivity contribution in [3.63, 3.8) is 0 Å². The van der Waals surface area contributed by atoms with Crippen molar-refractivity contribution in [3.05, 3.63) is 70.9 Å². The lowest BCUT2D eigenvalue weighted by molar-refractivity contribution is -0.0248. The summed E-state index contributed by atoms with van der Waals surface area (Å²) < 4.78 is 21.4. The van der Waals surface area contributed by atoms with E-state index in [0.717, 1.165) is 22.5 Å². The molecule has 0 bridgehead atoms. The maximum absolute atomic E-state index is 13.7. The van der Waals surface area contributed by atoms with Crippen molar-refractivity contribution in [2.24, 2.45) is 7.05 Å². The summed E-state index contributed by atoms with van der Waals surface area (Å²) in [4.78, 5) is 22.9. The van der Waals surface area contributed by atoms with Gasteiger partial charge in [-0.25, -0.2) is 9.37 Å². The predicted molar refractivity (Wildman–Crippen MR) is 123 cm³/mol. The van der Waals surface area contributed by atoms with Crippen molar-refractivity contribution in [2.75, 3.05) is 25.0 Å². The molecule has 1 aliphatic heterocycles. The van der Waals surface area contributed by atoms with Gasteiger partial charge in [0.25, 0.3) is 5.91 Å². The number of halogens is 1. The Kier molecular flexibility index (Phi) is 5.33. The van der Waals surface area contributed by atoms with E-state index in [1.807, 2.05) is 45.2 Å². The van der Waals surface area contributed by atoms with Gasteiger partial charge < -0.3 is 19.9 Å². The summed E-state index contributed by atoms with van der Waals surface area (Å²) in [5, 5.41) is 8.34. The van der Waals surface area contributed by atoms with Crippen molar-refractivity contribution in [3.8, 4) is 0 Å². The van der Waals surface area contributed by atoms with Gasteiger partial charge in [-0.05, 0) is 49.7 Å². The van der Waals surface area contributed by atoms with Crippen molar-refractivity contribution in [1.29, 1.82) is 0 Å². The molecular weight excluding hydrogens is 423 g/mol. The van der Waals surface area contributed by atoms with Gasteiger partial charge in [0.05, 0.1) is 18.8 Å². The number of pyridine rings is 1. The first-order chi connectivity index (χ1) is 15.9. The number of carbonyl (C=O) groups is 1. The number of hydrogen-bond acceptors (Lipinski definition) is 5. The molecule has 4 aromatic rings. The number of aromatic amines is 1. The summed E-state index contributed by atoms with van der Waals surface area (Å²) >= 11 is 0. The van der Waals surface area contributed by atoms with E-state index in [1.54, 1.807) is 15.6 Å². The molecule has 3 aromatic heterocycles. The number of amides is 1. The number of ether oxygens (including phenoxy) is 1. The Labute approximate surface area is 190 Å². The second-order valence-electron chi connectivity index (χ2n) is 8.29. The van der Waals surface area contributed by atoms with E-state index in [9.17, 15) is 9.18 Å². The number of nitrogens with one attached hydrogen (secondary N) is 2. The van der Waals surface area contributed by atoms with Gasteiger partial charge in [0.1, 0.15) is 23.4 Å². The third kappa shape index (κ3) is 4.07. The second kappa shape index (κ2) is 8.32. The lowest BCUT2D eigenvalue weighted by Gasteiger charge is -2.32. The largest absolute Gasteiger partial charge is 0.368 e. The highest BCUT2D eigenvalue weighted by Crippen LogP contribution is 2.27. The minimum absolute atomic E-state index is 0.129. The van der Waals surface area contributed by atoms with Crippen LogP contribution in [0.25, 0.3) is 10.9 Å². The van der Waals surface area contributed by atoms with Crippen LogP contribution in [-0.4, -0.2) is 50.3 Å². The molecule has 1 amide bonds. The van der Waals surface area contributed by atoms with Crippen LogP contribution in [0.1, 0.15) is 33.5 Å². The number of benzene rings is 1. The fourth-order valence-electron chi connectivity index (χ4n) is 4.14. The van der Waals surface area contributed by atoms with Crippen LogP contribution in [0.5, 0.6) is 0 Å². The molecular formula is C24H25FN6O2. The number of aromatic nitrogens is 4. The Balaban J connectivity index is 1.35. The highest BCUT2D eigenvalue weighted by atomic mass is 19.1. The van der Waals surface area contributed by atoms with Crippen LogP contribution in [0.2, 0.25) is 0 Å². The monoisotopic (exact) mass is 448 g/mol. The minimum atomic E-state index is -0.350. The van der Waals surface area contributed by atoms with Crippen LogP contribution in [0.3, 0.4) is 0 Å². The standard InChI is InChI=1S/C24H25FN6O2/c1-14-11-22(29-30(14)3)28-21-6-4-5-19(26-21)20-13-31(9-10-33-20)24(32)23-15(2)17-12-16(25)7-8-18(17)27-23/h4-8,11-12,20,27H,9-10,13H2,1-3H3,(H,26,28,29). The summed E-state index contributed by atoms with van der Waals surface area (Å²) in [6.45, 7) is 5.07.